The highest BCUT2D eigenvalue weighted by molar-refractivity contribution is 7.94. The Morgan fingerprint density at radius 3 is 2.41 bits per heavy atom. The van der Waals surface area contributed by atoms with Crippen molar-refractivity contribution in [2.24, 2.45) is 0 Å². The lowest BCUT2D eigenvalue weighted by molar-refractivity contribution is 0.419. The molecule has 0 aromatic heterocycles. The lowest BCUT2D eigenvalue weighted by atomic mass is 10.2. The molecule has 17 heavy (non-hydrogen) atoms. The first-order chi connectivity index (χ1) is 7.99. The van der Waals surface area contributed by atoms with Gasteiger partial charge in [-0.25, -0.2) is 8.42 Å². The first kappa shape index (κ1) is 13.8. The lowest BCUT2D eigenvalue weighted by Crippen LogP contribution is -2.15. The van der Waals surface area contributed by atoms with Gasteiger partial charge in [0.25, 0.3) is 0 Å². The third-order valence-electron chi connectivity index (χ3n) is 2.58. The van der Waals surface area contributed by atoms with Crippen molar-refractivity contribution >= 4 is 9.84 Å². The summed E-state index contributed by atoms with van der Waals surface area (Å²) in [6, 6.07) is 6.94. The molecule has 1 rings (SSSR count). The van der Waals surface area contributed by atoms with Crippen LogP contribution in [0.2, 0.25) is 0 Å². The van der Waals surface area contributed by atoms with E-state index in [-0.39, 0.29) is 0 Å². The molecule has 0 radical (unpaired) electrons. The van der Waals surface area contributed by atoms with E-state index in [2.05, 4.69) is 0 Å². The first-order valence-corrected chi connectivity index (χ1v) is 7.28. The molecule has 3 nitrogen and oxygen atoms in total. The molecule has 0 unspecified atom stereocenters. The van der Waals surface area contributed by atoms with E-state index in [0.717, 1.165) is 18.7 Å². The molecule has 1 aromatic rings. The van der Waals surface area contributed by atoms with Crippen LogP contribution in [-0.2, 0) is 9.84 Å². The number of nitrogens with zero attached hydrogens (tertiary/aromatic N) is 1. The molecular weight excluding hydrogens is 234 g/mol. The molecule has 94 valence electrons. The molecule has 1 aromatic carbocycles. The van der Waals surface area contributed by atoms with Crippen LogP contribution in [0.15, 0.2) is 40.8 Å². The summed E-state index contributed by atoms with van der Waals surface area (Å²) in [4.78, 5) is 2.29. The molecule has 0 heterocycles. The number of sulfone groups is 1. The Kier molecular flexibility index (Phi) is 4.75. The summed E-state index contributed by atoms with van der Waals surface area (Å²) < 4.78 is 24.0. The molecule has 0 saturated heterocycles. The van der Waals surface area contributed by atoms with Gasteiger partial charge in [-0.05, 0) is 38.5 Å². The molecule has 0 amide bonds. The van der Waals surface area contributed by atoms with Crippen LogP contribution in [-0.4, -0.2) is 26.4 Å². The second-order valence-corrected chi connectivity index (χ2v) is 5.70. The van der Waals surface area contributed by atoms with Crippen molar-refractivity contribution in [3.8, 4) is 0 Å². The highest BCUT2D eigenvalue weighted by Crippen LogP contribution is 2.14. The summed E-state index contributed by atoms with van der Waals surface area (Å²) >= 11 is 0. The van der Waals surface area contributed by atoms with Crippen LogP contribution in [0.25, 0.3) is 0 Å². The maximum atomic E-state index is 12.0. The molecule has 0 fully saturated rings. The molecule has 0 bridgehead atoms. The Bertz CT molecular complexity index is 488. The zero-order valence-electron chi connectivity index (χ0n) is 10.6. The van der Waals surface area contributed by atoms with Gasteiger partial charge in [0.05, 0.1) is 10.3 Å². The normalized spacial score (nSPS) is 11.9. The van der Waals surface area contributed by atoms with E-state index in [1.165, 1.54) is 5.41 Å². The Balaban J connectivity index is 2.97. The third kappa shape index (κ3) is 3.89. The molecule has 0 aliphatic rings. The van der Waals surface area contributed by atoms with Gasteiger partial charge >= 0.3 is 0 Å². The Morgan fingerprint density at radius 1 is 1.24 bits per heavy atom. The van der Waals surface area contributed by atoms with E-state index in [0.29, 0.717) is 4.90 Å². The predicted octanol–water partition coefficient (Wildman–Crippen LogP) is 2.58. The van der Waals surface area contributed by atoms with Crippen molar-refractivity contribution in [3.63, 3.8) is 0 Å². The monoisotopic (exact) mass is 253 g/mol. The van der Waals surface area contributed by atoms with Crippen molar-refractivity contribution in [2.45, 2.75) is 25.7 Å². The standard InChI is InChI=1S/C13H19NO2S/c1-4-14(5-2)9-10-17(15,16)13-8-6-7-12(3)11-13/h6-11H,4-5H2,1-3H3. The van der Waals surface area contributed by atoms with E-state index < -0.39 is 9.84 Å². The smallest absolute Gasteiger partial charge is 0.201 e. The predicted molar refractivity (Wildman–Crippen MR) is 70.4 cm³/mol. The van der Waals surface area contributed by atoms with Gasteiger partial charge in [0.2, 0.25) is 9.84 Å². The maximum Gasteiger partial charge on any atom is 0.201 e. The van der Waals surface area contributed by atoms with Gasteiger partial charge in [-0.2, -0.15) is 0 Å². The number of hydrogen-bond donors (Lipinski definition) is 0. The van der Waals surface area contributed by atoms with E-state index in [1.807, 2.05) is 31.7 Å². The van der Waals surface area contributed by atoms with Gasteiger partial charge in [0, 0.05) is 19.3 Å². The highest BCUT2D eigenvalue weighted by Gasteiger charge is 2.10. The number of hydrogen-bond acceptors (Lipinski definition) is 3. The van der Waals surface area contributed by atoms with Gasteiger partial charge in [-0.3, -0.25) is 0 Å². The topological polar surface area (TPSA) is 37.4 Å². The summed E-state index contributed by atoms with van der Waals surface area (Å²) in [6.07, 6.45) is 1.64. The van der Waals surface area contributed by atoms with Crippen LogP contribution in [0.4, 0.5) is 0 Å². The zero-order chi connectivity index (χ0) is 12.9. The minimum atomic E-state index is -3.32. The van der Waals surface area contributed by atoms with Crippen LogP contribution in [0.5, 0.6) is 0 Å². The molecule has 0 spiro atoms. The zero-order valence-corrected chi connectivity index (χ0v) is 11.4. The quantitative estimate of drug-likeness (QED) is 0.809. The van der Waals surface area contributed by atoms with Crippen molar-refractivity contribution in [3.05, 3.63) is 41.4 Å². The van der Waals surface area contributed by atoms with E-state index in [9.17, 15) is 8.42 Å². The summed E-state index contributed by atoms with van der Waals surface area (Å²) in [6.45, 7) is 7.47. The average molecular weight is 253 g/mol. The van der Waals surface area contributed by atoms with Gasteiger partial charge < -0.3 is 4.90 Å². The molecule has 0 atom stereocenters. The van der Waals surface area contributed by atoms with Crippen molar-refractivity contribution in [1.29, 1.82) is 0 Å². The number of benzene rings is 1. The van der Waals surface area contributed by atoms with Crippen molar-refractivity contribution in [2.75, 3.05) is 13.1 Å². The Hall–Kier alpha value is -1.29. The minimum absolute atomic E-state index is 0.348. The second kappa shape index (κ2) is 5.87. The number of aryl methyl sites for hydroxylation is 1. The molecular formula is C13H19NO2S. The molecule has 0 N–H and O–H groups in total. The first-order valence-electron chi connectivity index (χ1n) is 5.73. The minimum Gasteiger partial charge on any atom is -0.377 e. The maximum absolute atomic E-state index is 12.0. The second-order valence-electron chi connectivity index (χ2n) is 3.87. The fourth-order valence-electron chi connectivity index (χ4n) is 1.47. The average Bonchev–Trinajstić information content (AvgIpc) is 2.30. The van der Waals surface area contributed by atoms with Gasteiger partial charge in [0.1, 0.15) is 0 Å². The summed E-state index contributed by atoms with van der Waals surface area (Å²) in [7, 11) is -3.32. The fraction of sp³-hybridized carbons (Fsp3) is 0.385. The van der Waals surface area contributed by atoms with E-state index in [4.69, 9.17) is 0 Å². The molecule has 0 aliphatic heterocycles. The van der Waals surface area contributed by atoms with Crippen LogP contribution < -0.4 is 0 Å². The number of rotatable bonds is 5. The van der Waals surface area contributed by atoms with Crippen molar-refractivity contribution in [1.82, 2.24) is 4.90 Å². The van der Waals surface area contributed by atoms with Crippen LogP contribution in [0.1, 0.15) is 19.4 Å². The fourth-order valence-corrected chi connectivity index (χ4v) is 2.58. The largest absolute Gasteiger partial charge is 0.377 e. The highest BCUT2D eigenvalue weighted by atomic mass is 32.2. The van der Waals surface area contributed by atoms with Gasteiger partial charge in [-0.1, -0.05) is 12.1 Å². The van der Waals surface area contributed by atoms with Gasteiger partial charge in [0.15, 0.2) is 0 Å². The summed E-state index contributed by atoms with van der Waals surface area (Å²) in [5, 5.41) is 1.27. The van der Waals surface area contributed by atoms with Crippen LogP contribution in [0.3, 0.4) is 0 Å². The Morgan fingerprint density at radius 2 is 1.88 bits per heavy atom. The molecule has 0 aliphatic carbocycles. The lowest BCUT2D eigenvalue weighted by Gasteiger charge is -2.14. The summed E-state index contributed by atoms with van der Waals surface area (Å²) in [5.41, 5.74) is 0.947. The summed E-state index contributed by atoms with van der Waals surface area (Å²) in [5.74, 6) is 0. The third-order valence-corrected chi connectivity index (χ3v) is 3.97. The van der Waals surface area contributed by atoms with E-state index >= 15 is 0 Å². The van der Waals surface area contributed by atoms with Gasteiger partial charge in [-0.15, -0.1) is 0 Å². The molecule has 0 saturated carbocycles. The van der Waals surface area contributed by atoms with E-state index in [1.54, 1.807) is 24.4 Å². The SMILES string of the molecule is CCN(C=CS(=O)(=O)c1cccc(C)c1)CC. The van der Waals surface area contributed by atoms with Crippen LogP contribution in [0, 0.1) is 6.92 Å². The Labute approximate surface area is 104 Å². The molecule has 4 heteroatoms. The van der Waals surface area contributed by atoms with Crippen molar-refractivity contribution < 1.29 is 8.42 Å². The van der Waals surface area contributed by atoms with Crippen LogP contribution >= 0.6 is 0 Å².